The van der Waals surface area contributed by atoms with Gasteiger partial charge in [0, 0.05) is 21.1 Å². The van der Waals surface area contributed by atoms with Crippen molar-refractivity contribution < 1.29 is 9.53 Å². The second kappa shape index (κ2) is 7.59. The van der Waals surface area contributed by atoms with Gasteiger partial charge in [-0.15, -0.1) is 11.3 Å². The minimum atomic E-state index is -0.171. The molecule has 0 fully saturated rings. The minimum absolute atomic E-state index is 0.171. The third kappa shape index (κ3) is 4.21. The Morgan fingerprint density at radius 3 is 2.92 bits per heavy atom. The summed E-state index contributed by atoms with van der Waals surface area (Å²) in [6.07, 6.45) is 0. The van der Waals surface area contributed by atoms with Gasteiger partial charge in [0.05, 0.1) is 11.2 Å². The van der Waals surface area contributed by atoms with Crippen molar-refractivity contribution in [1.82, 2.24) is 4.98 Å². The predicted molar refractivity (Wildman–Crippen MR) is 99.7 cm³/mol. The van der Waals surface area contributed by atoms with Crippen LogP contribution in [0.1, 0.15) is 21.6 Å². The molecule has 0 saturated carbocycles. The third-order valence-electron chi connectivity index (χ3n) is 3.38. The molecule has 3 rings (SSSR count). The molecule has 0 unspecified atom stereocenters. The third-order valence-corrected chi connectivity index (χ3v) is 4.91. The first-order valence-corrected chi connectivity index (χ1v) is 9.03. The van der Waals surface area contributed by atoms with Gasteiger partial charge >= 0.3 is 0 Å². The Labute approximate surface area is 152 Å². The highest BCUT2D eigenvalue weighted by Crippen LogP contribution is 2.21. The fourth-order valence-corrected chi connectivity index (χ4v) is 2.91. The van der Waals surface area contributed by atoms with Crippen molar-refractivity contribution in [1.29, 1.82) is 0 Å². The SMILES string of the molecule is Cc1cc(NC(=O)c2cccc(OCc3cscn3)c2)ccc1Br. The molecule has 1 N–H and O–H groups in total. The summed E-state index contributed by atoms with van der Waals surface area (Å²) in [5.41, 5.74) is 5.01. The van der Waals surface area contributed by atoms with E-state index in [9.17, 15) is 4.79 Å². The van der Waals surface area contributed by atoms with Gasteiger partial charge in [0.15, 0.2) is 0 Å². The fourth-order valence-electron chi connectivity index (χ4n) is 2.12. The number of thiazole rings is 1. The molecule has 122 valence electrons. The lowest BCUT2D eigenvalue weighted by Crippen LogP contribution is -2.12. The van der Waals surface area contributed by atoms with Crippen LogP contribution in [0.15, 0.2) is 57.8 Å². The molecule has 0 spiro atoms. The highest BCUT2D eigenvalue weighted by Gasteiger charge is 2.08. The van der Waals surface area contributed by atoms with E-state index in [1.807, 2.05) is 36.6 Å². The molecule has 0 atom stereocenters. The number of hydrogen-bond acceptors (Lipinski definition) is 4. The summed E-state index contributed by atoms with van der Waals surface area (Å²) in [7, 11) is 0. The van der Waals surface area contributed by atoms with Gasteiger partial charge in [0.25, 0.3) is 5.91 Å². The number of carbonyl (C=O) groups excluding carboxylic acids is 1. The maximum absolute atomic E-state index is 12.4. The molecular weight excluding hydrogens is 388 g/mol. The van der Waals surface area contributed by atoms with Gasteiger partial charge in [-0.2, -0.15) is 0 Å². The number of aromatic nitrogens is 1. The summed E-state index contributed by atoms with van der Waals surface area (Å²) in [4.78, 5) is 16.6. The van der Waals surface area contributed by atoms with E-state index in [4.69, 9.17) is 4.74 Å². The van der Waals surface area contributed by atoms with Crippen LogP contribution in [0, 0.1) is 6.92 Å². The van der Waals surface area contributed by atoms with Crippen molar-refractivity contribution in [3.8, 4) is 5.75 Å². The molecule has 0 bridgehead atoms. The number of ether oxygens (including phenoxy) is 1. The van der Waals surface area contributed by atoms with Crippen LogP contribution in [-0.4, -0.2) is 10.9 Å². The first-order chi connectivity index (χ1) is 11.6. The molecule has 1 aromatic heterocycles. The van der Waals surface area contributed by atoms with Gasteiger partial charge < -0.3 is 10.1 Å². The molecule has 0 saturated heterocycles. The van der Waals surface area contributed by atoms with E-state index in [0.717, 1.165) is 21.4 Å². The average molecular weight is 403 g/mol. The number of benzene rings is 2. The number of nitrogens with zero attached hydrogens (tertiary/aromatic N) is 1. The van der Waals surface area contributed by atoms with Crippen LogP contribution in [0.2, 0.25) is 0 Å². The van der Waals surface area contributed by atoms with Crippen LogP contribution in [0.5, 0.6) is 5.75 Å². The van der Waals surface area contributed by atoms with Gasteiger partial charge in [-0.1, -0.05) is 22.0 Å². The van der Waals surface area contributed by atoms with Crippen LogP contribution in [0.3, 0.4) is 0 Å². The highest BCUT2D eigenvalue weighted by atomic mass is 79.9. The van der Waals surface area contributed by atoms with Crippen molar-refractivity contribution >= 4 is 38.9 Å². The van der Waals surface area contributed by atoms with Crippen molar-refractivity contribution in [2.45, 2.75) is 13.5 Å². The van der Waals surface area contributed by atoms with Gasteiger partial charge in [-0.25, -0.2) is 4.98 Å². The number of anilines is 1. The standard InChI is InChI=1S/C18H15BrN2O2S/c1-12-7-14(5-6-17(12)19)21-18(22)13-3-2-4-16(8-13)23-9-15-10-24-11-20-15/h2-8,10-11H,9H2,1H3,(H,21,22). The van der Waals surface area contributed by atoms with Crippen molar-refractivity contribution in [3.63, 3.8) is 0 Å². The second-order valence-electron chi connectivity index (χ2n) is 5.21. The Balaban J connectivity index is 1.68. The van der Waals surface area contributed by atoms with E-state index in [2.05, 4.69) is 26.2 Å². The van der Waals surface area contributed by atoms with Gasteiger partial charge in [-0.3, -0.25) is 4.79 Å². The number of rotatable bonds is 5. The Bertz CT molecular complexity index is 850. The number of hydrogen-bond donors (Lipinski definition) is 1. The Hall–Kier alpha value is -2.18. The van der Waals surface area contributed by atoms with Crippen molar-refractivity contribution in [2.24, 2.45) is 0 Å². The fraction of sp³-hybridized carbons (Fsp3) is 0.111. The lowest BCUT2D eigenvalue weighted by Gasteiger charge is -2.09. The smallest absolute Gasteiger partial charge is 0.255 e. The molecule has 1 amide bonds. The molecule has 0 aliphatic rings. The maximum atomic E-state index is 12.4. The van der Waals surface area contributed by atoms with E-state index < -0.39 is 0 Å². The number of aryl methyl sites for hydroxylation is 1. The van der Waals surface area contributed by atoms with Crippen LogP contribution < -0.4 is 10.1 Å². The van der Waals surface area contributed by atoms with E-state index >= 15 is 0 Å². The van der Waals surface area contributed by atoms with Gasteiger partial charge in [0.1, 0.15) is 12.4 Å². The van der Waals surface area contributed by atoms with Crippen LogP contribution in [0.25, 0.3) is 0 Å². The Morgan fingerprint density at radius 2 is 2.17 bits per heavy atom. The minimum Gasteiger partial charge on any atom is -0.487 e. The highest BCUT2D eigenvalue weighted by molar-refractivity contribution is 9.10. The van der Waals surface area contributed by atoms with Crippen LogP contribution >= 0.6 is 27.3 Å². The van der Waals surface area contributed by atoms with Crippen LogP contribution in [-0.2, 0) is 6.61 Å². The van der Waals surface area contributed by atoms with E-state index in [0.29, 0.717) is 17.9 Å². The predicted octanol–water partition coefficient (Wildman–Crippen LogP) is 5.05. The number of halogens is 1. The van der Waals surface area contributed by atoms with E-state index in [1.54, 1.807) is 23.7 Å². The lowest BCUT2D eigenvalue weighted by molar-refractivity contribution is 0.102. The zero-order valence-electron chi connectivity index (χ0n) is 13.0. The molecule has 0 radical (unpaired) electrons. The number of amides is 1. The van der Waals surface area contributed by atoms with Crippen molar-refractivity contribution in [3.05, 3.63) is 74.6 Å². The zero-order chi connectivity index (χ0) is 16.9. The van der Waals surface area contributed by atoms with Gasteiger partial charge in [0.2, 0.25) is 0 Å². The van der Waals surface area contributed by atoms with E-state index in [-0.39, 0.29) is 5.91 Å². The quantitative estimate of drug-likeness (QED) is 0.649. The van der Waals surface area contributed by atoms with E-state index in [1.165, 1.54) is 11.3 Å². The Morgan fingerprint density at radius 1 is 1.29 bits per heavy atom. The topological polar surface area (TPSA) is 51.2 Å². The molecule has 0 aliphatic carbocycles. The van der Waals surface area contributed by atoms with Crippen molar-refractivity contribution in [2.75, 3.05) is 5.32 Å². The van der Waals surface area contributed by atoms with Crippen LogP contribution in [0.4, 0.5) is 5.69 Å². The molecule has 0 aliphatic heterocycles. The maximum Gasteiger partial charge on any atom is 0.255 e. The molecule has 2 aromatic carbocycles. The molecule has 3 aromatic rings. The van der Waals surface area contributed by atoms with Gasteiger partial charge in [-0.05, 0) is 48.9 Å². The number of carbonyl (C=O) groups is 1. The summed E-state index contributed by atoms with van der Waals surface area (Å²) < 4.78 is 6.70. The summed E-state index contributed by atoms with van der Waals surface area (Å²) >= 11 is 4.98. The lowest BCUT2D eigenvalue weighted by atomic mass is 10.2. The molecule has 4 nitrogen and oxygen atoms in total. The molecule has 24 heavy (non-hydrogen) atoms. The largest absolute Gasteiger partial charge is 0.487 e. The zero-order valence-corrected chi connectivity index (χ0v) is 15.4. The summed E-state index contributed by atoms with van der Waals surface area (Å²) in [5.74, 6) is 0.471. The summed E-state index contributed by atoms with van der Waals surface area (Å²) in [6, 6.07) is 12.8. The molecule has 6 heteroatoms. The molecular formula is C18H15BrN2O2S. The second-order valence-corrected chi connectivity index (χ2v) is 6.79. The normalized spacial score (nSPS) is 10.4. The number of nitrogens with one attached hydrogen (secondary N) is 1. The average Bonchev–Trinajstić information content (AvgIpc) is 3.10. The Kier molecular flexibility index (Phi) is 5.27. The molecule has 1 heterocycles. The summed E-state index contributed by atoms with van der Waals surface area (Å²) in [5, 5.41) is 4.83. The first-order valence-electron chi connectivity index (χ1n) is 7.29. The monoisotopic (exact) mass is 402 g/mol. The summed E-state index contributed by atoms with van der Waals surface area (Å²) in [6.45, 7) is 2.37. The first kappa shape index (κ1) is 16.7.